The molecular weight excluding hydrogens is 260 g/mol. The molecule has 0 spiro atoms. The molecule has 0 bridgehead atoms. The first-order chi connectivity index (χ1) is 9.24. The zero-order chi connectivity index (χ0) is 15.1. The van der Waals surface area contributed by atoms with Crippen molar-refractivity contribution < 1.29 is 0 Å². The van der Waals surface area contributed by atoms with E-state index in [-0.39, 0.29) is 0 Å². The van der Waals surface area contributed by atoms with Crippen molar-refractivity contribution in [2.45, 2.75) is 57.1 Å². The number of hydrogen-bond donors (Lipinski definition) is 0. The molecule has 0 amide bonds. The summed E-state index contributed by atoms with van der Waals surface area (Å²) in [5.74, 6) is 1.51. The van der Waals surface area contributed by atoms with Crippen LogP contribution in [0.2, 0.25) is 0 Å². The zero-order valence-corrected chi connectivity index (χ0v) is 15.2. The van der Waals surface area contributed by atoms with Crippen LogP contribution < -0.4 is 0 Å². The van der Waals surface area contributed by atoms with Crippen molar-refractivity contribution in [3.8, 4) is 0 Å². The molecule has 4 unspecified atom stereocenters. The van der Waals surface area contributed by atoms with Gasteiger partial charge in [-0.3, -0.25) is 0 Å². The van der Waals surface area contributed by atoms with Crippen molar-refractivity contribution in [1.29, 1.82) is 0 Å². The third kappa shape index (κ3) is 2.32. The van der Waals surface area contributed by atoms with E-state index < -0.39 is 10.0 Å². The Kier molecular flexibility index (Phi) is 4.31. The summed E-state index contributed by atoms with van der Waals surface area (Å²) in [7, 11) is -0.559. The lowest BCUT2D eigenvalue weighted by atomic mass is 9.72. The Labute approximate surface area is 127 Å². The van der Waals surface area contributed by atoms with Crippen LogP contribution in [0.5, 0.6) is 0 Å². The summed E-state index contributed by atoms with van der Waals surface area (Å²) >= 11 is 0. The molecule has 1 aromatic carbocycles. The van der Waals surface area contributed by atoms with Gasteiger partial charge in [0.1, 0.15) is 0 Å². The summed E-state index contributed by atoms with van der Waals surface area (Å²) in [6.07, 6.45) is 10.1. The SMILES string of the molecule is CCCC1c2ccccc2C(C)(C(C)S(C)(C)C)C1C. The molecule has 0 nitrogen and oxygen atoms in total. The molecule has 1 aliphatic carbocycles. The Bertz CT molecular complexity index is 471. The standard InChI is InChI=1S/C19H32S/c1-8-11-16-14(2)19(4,15(3)20(5,6)7)18-13-10-9-12-17(16)18/h9-10,12-16H,8,11H2,1-7H3. The monoisotopic (exact) mass is 292 g/mol. The lowest BCUT2D eigenvalue weighted by Gasteiger charge is -2.48. The first-order valence-electron chi connectivity index (χ1n) is 8.01. The second-order valence-corrected chi connectivity index (χ2v) is 12.2. The second kappa shape index (κ2) is 5.40. The van der Waals surface area contributed by atoms with Crippen molar-refractivity contribution in [2.24, 2.45) is 5.92 Å². The average molecular weight is 293 g/mol. The molecule has 1 aliphatic rings. The molecule has 0 aliphatic heterocycles. The first kappa shape index (κ1) is 15.9. The largest absolute Gasteiger partial charge is 0.246 e. The molecular formula is C19H32S. The van der Waals surface area contributed by atoms with Gasteiger partial charge in [0.25, 0.3) is 0 Å². The summed E-state index contributed by atoms with van der Waals surface area (Å²) in [6, 6.07) is 9.27. The Morgan fingerprint density at radius 2 is 1.80 bits per heavy atom. The fraction of sp³-hybridized carbons (Fsp3) is 0.684. The molecule has 2 rings (SSSR count). The van der Waals surface area contributed by atoms with Crippen molar-refractivity contribution in [2.75, 3.05) is 18.8 Å². The van der Waals surface area contributed by atoms with E-state index >= 15 is 0 Å². The molecule has 0 saturated heterocycles. The van der Waals surface area contributed by atoms with E-state index in [1.807, 2.05) is 0 Å². The molecule has 0 fully saturated rings. The maximum atomic E-state index is 2.54. The fourth-order valence-electron chi connectivity index (χ4n) is 4.28. The minimum Gasteiger partial charge on any atom is -0.246 e. The highest BCUT2D eigenvalue weighted by atomic mass is 32.3. The maximum Gasteiger partial charge on any atom is 0.00604 e. The van der Waals surface area contributed by atoms with Crippen molar-refractivity contribution in [3.63, 3.8) is 0 Å². The van der Waals surface area contributed by atoms with Crippen LogP contribution in [0.15, 0.2) is 24.3 Å². The zero-order valence-electron chi connectivity index (χ0n) is 14.4. The van der Waals surface area contributed by atoms with Gasteiger partial charge < -0.3 is 0 Å². The highest BCUT2D eigenvalue weighted by Crippen LogP contribution is 2.60. The third-order valence-electron chi connectivity index (χ3n) is 5.99. The topological polar surface area (TPSA) is 0 Å². The molecule has 0 heterocycles. The van der Waals surface area contributed by atoms with Crippen LogP contribution in [0, 0.1) is 5.92 Å². The number of fused-ring (bicyclic) bond motifs is 1. The number of rotatable bonds is 4. The summed E-state index contributed by atoms with van der Waals surface area (Å²) in [5, 5.41) is 0.757. The molecule has 1 heteroatoms. The van der Waals surface area contributed by atoms with Crippen LogP contribution in [0.25, 0.3) is 0 Å². The molecule has 1 aromatic rings. The van der Waals surface area contributed by atoms with Gasteiger partial charge in [-0.2, -0.15) is 0 Å². The quantitative estimate of drug-likeness (QED) is 0.681. The normalized spacial score (nSPS) is 31.9. The lowest BCUT2D eigenvalue weighted by Crippen LogP contribution is -2.41. The van der Waals surface area contributed by atoms with Crippen LogP contribution in [-0.2, 0) is 5.41 Å². The molecule has 0 radical (unpaired) electrons. The molecule has 4 atom stereocenters. The van der Waals surface area contributed by atoms with Crippen LogP contribution in [0.3, 0.4) is 0 Å². The highest BCUT2D eigenvalue weighted by Gasteiger charge is 2.50. The summed E-state index contributed by atoms with van der Waals surface area (Å²) in [4.78, 5) is 0. The van der Waals surface area contributed by atoms with Crippen molar-refractivity contribution in [1.82, 2.24) is 0 Å². The predicted octanol–water partition coefficient (Wildman–Crippen LogP) is 5.56. The highest BCUT2D eigenvalue weighted by molar-refractivity contribution is 8.32. The first-order valence-corrected chi connectivity index (χ1v) is 10.9. The van der Waals surface area contributed by atoms with Crippen LogP contribution in [0.4, 0.5) is 0 Å². The van der Waals surface area contributed by atoms with Gasteiger partial charge in [0.15, 0.2) is 0 Å². The van der Waals surface area contributed by atoms with Gasteiger partial charge in [0.2, 0.25) is 0 Å². The second-order valence-electron chi connectivity index (χ2n) is 7.63. The fourth-order valence-corrected chi connectivity index (χ4v) is 6.09. The van der Waals surface area contributed by atoms with Gasteiger partial charge in [-0.05, 0) is 53.4 Å². The van der Waals surface area contributed by atoms with E-state index in [9.17, 15) is 0 Å². The molecule has 0 N–H and O–H groups in total. The van der Waals surface area contributed by atoms with Gasteiger partial charge in [0.05, 0.1) is 0 Å². The van der Waals surface area contributed by atoms with Gasteiger partial charge in [-0.15, -0.1) is 0 Å². The molecule has 0 saturated carbocycles. The number of hydrogen-bond acceptors (Lipinski definition) is 0. The van der Waals surface area contributed by atoms with E-state index in [2.05, 4.69) is 70.7 Å². The van der Waals surface area contributed by atoms with Crippen LogP contribution in [0.1, 0.15) is 57.6 Å². The Balaban J connectivity index is 2.54. The van der Waals surface area contributed by atoms with Gasteiger partial charge in [-0.25, -0.2) is 10.0 Å². The lowest BCUT2D eigenvalue weighted by molar-refractivity contribution is 0.292. The smallest absolute Gasteiger partial charge is 0.00604 e. The van der Waals surface area contributed by atoms with E-state index in [0.717, 1.165) is 17.1 Å². The van der Waals surface area contributed by atoms with Gasteiger partial charge in [0, 0.05) is 5.41 Å². The Morgan fingerprint density at radius 1 is 1.20 bits per heavy atom. The van der Waals surface area contributed by atoms with Gasteiger partial charge >= 0.3 is 0 Å². The summed E-state index contributed by atoms with van der Waals surface area (Å²) in [5.41, 5.74) is 3.62. The van der Waals surface area contributed by atoms with Crippen LogP contribution >= 0.6 is 10.0 Å². The Morgan fingerprint density at radius 3 is 2.35 bits per heavy atom. The van der Waals surface area contributed by atoms with Crippen molar-refractivity contribution >= 4 is 10.0 Å². The predicted molar refractivity (Wildman–Crippen MR) is 95.4 cm³/mol. The van der Waals surface area contributed by atoms with Gasteiger partial charge in [-0.1, -0.05) is 58.4 Å². The van der Waals surface area contributed by atoms with Crippen molar-refractivity contribution in [3.05, 3.63) is 35.4 Å². The maximum absolute atomic E-state index is 2.54. The molecule has 0 aromatic heterocycles. The third-order valence-corrected chi connectivity index (χ3v) is 8.61. The molecule has 114 valence electrons. The van der Waals surface area contributed by atoms with E-state index in [1.54, 1.807) is 11.1 Å². The summed E-state index contributed by atoms with van der Waals surface area (Å²) in [6.45, 7) is 9.86. The number of benzene rings is 1. The Hall–Kier alpha value is -0.430. The average Bonchev–Trinajstić information content (AvgIpc) is 2.61. The summed E-state index contributed by atoms with van der Waals surface area (Å²) < 4.78 is 0. The van der Waals surface area contributed by atoms with Crippen LogP contribution in [-0.4, -0.2) is 24.0 Å². The molecule has 20 heavy (non-hydrogen) atoms. The minimum absolute atomic E-state index is 0.337. The van der Waals surface area contributed by atoms with E-state index in [4.69, 9.17) is 0 Å². The van der Waals surface area contributed by atoms with E-state index in [1.165, 1.54) is 12.8 Å². The van der Waals surface area contributed by atoms with E-state index in [0.29, 0.717) is 5.41 Å². The minimum atomic E-state index is -0.559.